The van der Waals surface area contributed by atoms with E-state index < -0.39 is 0 Å². The molecule has 3 N–H and O–H groups in total. The van der Waals surface area contributed by atoms with E-state index in [1.54, 1.807) is 11.8 Å². The van der Waals surface area contributed by atoms with Gasteiger partial charge in [0.15, 0.2) is 0 Å². The molecule has 0 aliphatic carbocycles. The summed E-state index contributed by atoms with van der Waals surface area (Å²) in [6.07, 6.45) is 1.88. The Hall–Kier alpha value is -2.09. The van der Waals surface area contributed by atoms with Crippen LogP contribution in [-0.4, -0.2) is 30.2 Å². The van der Waals surface area contributed by atoms with E-state index >= 15 is 0 Å². The average molecular weight is 275 g/mol. The molecule has 3 aromatic rings. The van der Waals surface area contributed by atoms with Crippen molar-refractivity contribution in [3.8, 4) is 0 Å². The van der Waals surface area contributed by atoms with Crippen LogP contribution in [0.4, 0.5) is 5.82 Å². The van der Waals surface area contributed by atoms with Crippen LogP contribution in [0.3, 0.4) is 0 Å². The summed E-state index contributed by atoms with van der Waals surface area (Å²) in [5.41, 5.74) is 9.41. The van der Waals surface area contributed by atoms with Crippen molar-refractivity contribution in [2.24, 2.45) is 7.05 Å². The number of nitrogens with two attached hydrogens (primary N) is 1. The molecule has 0 aliphatic rings. The Labute approximate surface area is 113 Å². The van der Waals surface area contributed by atoms with Gasteiger partial charge in [0.25, 0.3) is 0 Å². The van der Waals surface area contributed by atoms with Gasteiger partial charge in [0.1, 0.15) is 11.3 Å². The molecular weight excluding hydrogens is 262 g/mol. The van der Waals surface area contributed by atoms with E-state index in [-0.39, 0.29) is 0 Å². The molecule has 0 saturated heterocycles. The van der Waals surface area contributed by atoms with E-state index in [4.69, 9.17) is 5.73 Å². The number of aromatic nitrogens is 6. The second-order valence-electron chi connectivity index (χ2n) is 4.21. The second kappa shape index (κ2) is 4.54. The first kappa shape index (κ1) is 12.0. The van der Waals surface area contributed by atoms with Crippen molar-refractivity contribution >= 4 is 28.7 Å². The minimum Gasteiger partial charge on any atom is -0.384 e. The number of hydrogen-bond donors (Lipinski definition) is 2. The molecule has 7 nitrogen and oxygen atoms in total. The summed E-state index contributed by atoms with van der Waals surface area (Å²) in [4.78, 5) is 5.09. The number of fused-ring (bicyclic) bond motifs is 1. The van der Waals surface area contributed by atoms with Gasteiger partial charge in [-0.25, -0.2) is 4.98 Å². The molecule has 3 aromatic heterocycles. The van der Waals surface area contributed by atoms with Crippen LogP contribution in [0.5, 0.6) is 0 Å². The molecule has 3 heterocycles. The SMILES string of the molecule is Cc1c(CSc2cc(N)nc3n[nH]nc23)cnn1C. The van der Waals surface area contributed by atoms with Gasteiger partial charge in [-0.3, -0.25) is 4.68 Å². The van der Waals surface area contributed by atoms with Gasteiger partial charge >= 0.3 is 0 Å². The Balaban J connectivity index is 1.89. The molecule has 3 rings (SSSR count). The molecule has 0 aliphatic heterocycles. The predicted molar refractivity (Wildman–Crippen MR) is 73.6 cm³/mol. The van der Waals surface area contributed by atoms with E-state index in [1.807, 2.05) is 24.0 Å². The zero-order valence-corrected chi connectivity index (χ0v) is 11.4. The number of pyridine rings is 1. The molecule has 0 unspecified atom stereocenters. The molecule has 0 saturated carbocycles. The smallest absolute Gasteiger partial charge is 0.204 e. The lowest BCUT2D eigenvalue weighted by molar-refractivity contribution is 0.739. The number of nitrogen functional groups attached to an aromatic ring is 1. The number of aryl methyl sites for hydroxylation is 1. The van der Waals surface area contributed by atoms with Crippen LogP contribution < -0.4 is 5.73 Å². The Kier molecular flexibility index (Phi) is 2.86. The first-order chi connectivity index (χ1) is 9.15. The minimum absolute atomic E-state index is 0.451. The zero-order valence-electron chi connectivity index (χ0n) is 10.6. The normalized spacial score (nSPS) is 11.3. The lowest BCUT2D eigenvalue weighted by Gasteiger charge is -2.03. The van der Waals surface area contributed by atoms with Crippen molar-refractivity contribution in [2.75, 3.05) is 5.73 Å². The van der Waals surface area contributed by atoms with E-state index in [2.05, 4.69) is 32.4 Å². The molecule has 0 fully saturated rings. The first-order valence-corrected chi connectivity index (χ1v) is 6.71. The number of anilines is 1. The fourth-order valence-corrected chi connectivity index (χ4v) is 2.85. The van der Waals surface area contributed by atoms with Gasteiger partial charge in [-0.1, -0.05) is 0 Å². The van der Waals surface area contributed by atoms with Crippen LogP contribution in [0.1, 0.15) is 11.3 Å². The number of rotatable bonds is 3. The largest absolute Gasteiger partial charge is 0.384 e. The maximum atomic E-state index is 5.76. The van der Waals surface area contributed by atoms with Crippen LogP contribution in [0.2, 0.25) is 0 Å². The van der Waals surface area contributed by atoms with E-state index in [0.717, 1.165) is 21.9 Å². The van der Waals surface area contributed by atoms with Gasteiger partial charge < -0.3 is 5.73 Å². The first-order valence-electron chi connectivity index (χ1n) is 5.72. The zero-order chi connectivity index (χ0) is 13.4. The number of nitrogens with one attached hydrogen (secondary N) is 1. The number of nitrogens with zero attached hydrogens (tertiary/aromatic N) is 5. The van der Waals surface area contributed by atoms with Crippen LogP contribution in [0, 0.1) is 6.92 Å². The fourth-order valence-electron chi connectivity index (χ4n) is 1.78. The van der Waals surface area contributed by atoms with Crippen molar-refractivity contribution in [3.05, 3.63) is 23.5 Å². The van der Waals surface area contributed by atoms with Gasteiger partial charge in [-0.2, -0.15) is 15.4 Å². The number of aromatic amines is 1. The van der Waals surface area contributed by atoms with Crippen molar-refractivity contribution in [1.82, 2.24) is 30.2 Å². The second-order valence-corrected chi connectivity index (χ2v) is 5.23. The molecule has 8 heteroatoms. The molecule has 19 heavy (non-hydrogen) atoms. The lowest BCUT2D eigenvalue weighted by atomic mass is 10.3. The Morgan fingerprint density at radius 3 is 3.00 bits per heavy atom. The van der Waals surface area contributed by atoms with Crippen molar-refractivity contribution in [1.29, 1.82) is 0 Å². The molecule has 0 bridgehead atoms. The summed E-state index contributed by atoms with van der Waals surface area (Å²) in [5.74, 6) is 1.26. The Morgan fingerprint density at radius 1 is 1.42 bits per heavy atom. The third-order valence-corrected chi connectivity index (χ3v) is 4.07. The molecule has 0 spiro atoms. The van der Waals surface area contributed by atoms with Gasteiger partial charge in [0.2, 0.25) is 5.65 Å². The maximum Gasteiger partial charge on any atom is 0.204 e. The van der Waals surface area contributed by atoms with Crippen LogP contribution in [0.25, 0.3) is 11.2 Å². The monoisotopic (exact) mass is 275 g/mol. The van der Waals surface area contributed by atoms with Crippen LogP contribution >= 0.6 is 11.8 Å². The quantitative estimate of drug-likeness (QED) is 0.698. The molecule has 0 amide bonds. The lowest BCUT2D eigenvalue weighted by Crippen LogP contribution is -1.94. The van der Waals surface area contributed by atoms with Gasteiger partial charge in [-0.15, -0.1) is 16.9 Å². The van der Waals surface area contributed by atoms with Gasteiger partial charge in [0.05, 0.1) is 6.20 Å². The summed E-state index contributed by atoms with van der Waals surface area (Å²) < 4.78 is 1.86. The summed E-state index contributed by atoms with van der Waals surface area (Å²) >= 11 is 1.65. The Morgan fingerprint density at radius 2 is 2.26 bits per heavy atom. The van der Waals surface area contributed by atoms with Crippen LogP contribution in [0.15, 0.2) is 17.2 Å². The summed E-state index contributed by atoms with van der Waals surface area (Å²) in [5, 5.41) is 14.9. The summed E-state index contributed by atoms with van der Waals surface area (Å²) in [6, 6.07) is 1.82. The maximum absolute atomic E-state index is 5.76. The average Bonchev–Trinajstić information content (AvgIpc) is 2.96. The fraction of sp³-hybridized carbons (Fsp3) is 0.273. The number of thioether (sulfide) groups is 1. The van der Waals surface area contributed by atoms with Gasteiger partial charge in [0, 0.05) is 29.0 Å². The summed E-state index contributed by atoms with van der Waals surface area (Å²) in [7, 11) is 1.93. The highest BCUT2D eigenvalue weighted by atomic mass is 32.2. The van der Waals surface area contributed by atoms with Crippen molar-refractivity contribution in [2.45, 2.75) is 17.6 Å². The minimum atomic E-state index is 0.451. The highest BCUT2D eigenvalue weighted by Gasteiger charge is 2.10. The van der Waals surface area contributed by atoms with Crippen LogP contribution in [-0.2, 0) is 12.8 Å². The highest BCUT2D eigenvalue weighted by Crippen LogP contribution is 2.29. The van der Waals surface area contributed by atoms with E-state index in [0.29, 0.717) is 11.5 Å². The van der Waals surface area contributed by atoms with E-state index in [9.17, 15) is 0 Å². The topological polar surface area (TPSA) is 98.3 Å². The van der Waals surface area contributed by atoms with Crippen molar-refractivity contribution < 1.29 is 0 Å². The molecule has 98 valence electrons. The Bertz CT molecular complexity index is 730. The molecule has 0 atom stereocenters. The molecule has 0 radical (unpaired) electrons. The molecular formula is C11H13N7S. The third-order valence-electron chi connectivity index (χ3n) is 3.00. The summed E-state index contributed by atoms with van der Waals surface area (Å²) in [6.45, 7) is 2.05. The molecule has 0 aromatic carbocycles. The number of hydrogen-bond acceptors (Lipinski definition) is 6. The van der Waals surface area contributed by atoms with E-state index in [1.165, 1.54) is 5.56 Å². The van der Waals surface area contributed by atoms with Crippen molar-refractivity contribution in [3.63, 3.8) is 0 Å². The highest BCUT2D eigenvalue weighted by molar-refractivity contribution is 7.98. The third kappa shape index (κ3) is 2.14. The standard InChI is InChI=1S/C11H13N7S/c1-6-7(4-13-18(6)2)5-19-8-3-9(12)14-11-10(8)15-17-16-11/h3-4H,5H2,1-2H3,(H3,12,14,15,16,17). The van der Waals surface area contributed by atoms with Gasteiger partial charge in [-0.05, 0) is 13.0 Å². The predicted octanol–water partition coefficient (Wildman–Crippen LogP) is 1.27. The number of H-pyrrole nitrogens is 1.